The van der Waals surface area contributed by atoms with Gasteiger partial charge in [-0.3, -0.25) is 15.0 Å². The number of hydrogen-bond acceptors (Lipinski definition) is 7. The number of aromatic hydroxyl groups is 1. The van der Waals surface area contributed by atoms with Crippen molar-refractivity contribution in [2.24, 2.45) is 0 Å². The van der Waals surface area contributed by atoms with E-state index in [9.17, 15) is 23.6 Å². The van der Waals surface area contributed by atoms with Crippen LogP contribution >= 0.6 is 0 Å². The van der Waals surface area contributed by atoms with Crippen molar-refractivity contribution < 1.29 is 23.2 Å². The molecule has 0 spiro atoms. The minimum Gasteiger partial charge on any atom is -0.504 e. The van der Waals surface area contributed by atoms with Crippen LogP contribution in [-0.4, -0.2) is 60.9 Å². The highest BCUT2D eigenvalue weighted by molar-refractivity contribution is 7.89. The van der Waals surface area contributed by atoms with Gasteiger partial charge in [-0.25, -0.2) is 8.42 Å². The van der Waals surface area contributed by atoms with E-state index in [0.717, 1.165) is 11.6 Å². The Morgan fingerprint density at radius 2 is 1.86 bits per heavy atom. The zero-order chi connectivity index (χ0) is 20.3. The van der Waals surface area contributed by atoms with E-state index in [0.29, 0.717) is 38.5 Å². The number of phenolic OH excluding ortho intramolecular Hbond substituents is 1. The molecular formula is C18H21N3O6S. The van der Waals surface area contributed by atoms with Crippen LogP contribution in [0.25, 0.3) is 0 Å². The number of nitro benzene ring substituents is 1. The van der Waals surface area contributed by atoms with Crippen LogP contribution in [0.4, 0.5) is 5.69 Å². The summed E-state index contributed by atoms with van der Waals surface area (Å²) in [5, 5.41) is 20.6. The third kappa shape index (κ3) is 4.24. The summed E-state index contributed by atoms with van der Waals surface area (Å²) in [5.41, 5.74) is 0.700. The number of methoxy groups -OCH3 is 1. The Morgan fingerprint density at radius 3 is 2.50 bits per heavy atom. The fraction of sp³-hybridized carbons (Fsp3) is 0.333. The van der Waals surface area contributed by atoms with Gasteiger partial charge < -0.3 is 9.84 Å². The van der Waals surface area contributed by atoms with Gasteiger partial charge in [-0.2, -0.15) is 4.31 Å². The molecule has 2 aromatic rings. The van der Waals surface area contributed by atoms with Gasteiger partial charge in [0.15, 0.2) is 11.5 Å². The van der Waals surface area contributed by atoms with Crippen LogP contribution in [0.5, 0.6) is 11.5 Å². The van der Waals surface area contributed by atoms with Crippen LogP contribution in [0.3, 0.4) is 0 Å². The summed E-state index contributed by atoms with van der Waals surface area (Å²) in [6, 6.07) is 10.2. The molecule has 2 aromatic carbocycles. The van der Waals surface area contributed by atoms with Crippen LogP contribution in [0, 0.1) is 10.1 Å². The molecule has 9 nitrogen and oxygen atoms in total. The zero-order valence-corrected chi connectivity index (χ0v) is 16.1. The Morgan fingerprint density at radius 1 is 1.14 bits per heavy atom. The molecular weight excluding hydrogens is 386 g/mol. The van der Waals surface area contributed by atoms with E-state index in [1.807, 2.05) is 0 Å². The minimum absolute atomic E-state index is 0.0686. The summed E-state index contributed by atoms with van der Waals surface area (Å²) in [6.45, 7) is 2.23. The van der Waals surface area contributed by atoms with Gasteiger partial charge in [0.2, 0.25) is 10.0 Å². The lowest BCUT2D eigenvalue weighted by atomic mass is 10.2. The number of non-ortho nitro benzene ring substituents is 1. The third-order valence-corrected chi connectivity index (χ3v) is 6.54. The lowest BCUT2D eigenvalue weighted by Crippen LogP contribution is -2.48. The fourth-order valence-corrected chi connectivity index (χ4v) is 4.58. The van der Waals surface area contributed by atoms with Gasteiger partial charge in [0.05, 0.1) is 16.9 Å². The molecule has 150 valence electrons. The predicted molar refractivity (Wildman–Crippen MR) is 102 cm³/mol. The molecule has 28 heavy (non-hydrogen) atoms. The highest BCUT2D eigenvalue weighted by atomic mass is 32.2. The number of benzene rings is 2. The molecule has 0 saturated carbocycles. The molecule has 3 rings (SSSR count). The number of rotatable bonds is 6. The Kier molecular flexibility index (Phi) is 5.82. The van der Waals surface area contributed by atoms with Crippen molar-refractivity contribution in [3.05, 3.63) is 58.1 Å². The maximum atomic E-state index is 12.8. The van der Waals surface area contributed by atoms with Gasteiger partial charge in [-0.15, -0.1) is 0 Å². The Labute approximate surface area is 163 Å². The Hall–Kier alpha value is -2.69. The molecule has 0 radical (unpaired) electrons. The number of phenols is 1. The van der Waals surface area contributed by atoms with E-state index in [1.54, 1.807) is 18.2 Å². The number of sulfonamides is 1. The summed E-state index contributed by atoms with van der Waals surface area (Å²) < 4.78 is 32.0. The summed E-state index contributed by atoms with van der Waals surface area (Å²) in [6.07, 6.45) is 0. The summed E-state index contributed by atoms with van der Waals surface area (Å²) in [5.74, 6) is 0.462. The lowest BCUT2D eigenvalue weighted by Gasteiger charge is -2.34. The van der Waals surface area contributed by atoms with Gasteiger partial charge >= 0.3 is 0 Å². The zero-order valence-electron chi connectivity index (χ0n) is 15.3. The second-order valence-corrected chi connectivity index (χ2v) is 8.38. The number of nitrogens with zero attached hydrogens (tertiary/aromatic N) is 3. The van der Waals surface area contributed by atoms with Gasteiger partial charge in [-0.1, -0.05) is 12.1 Å². The van der Waals surface area contributed by atoms with Crippen LogP contribution in [0.1, 0.15) is 5.56 Å². The Balaban J connectivity index is 1.66. The van der Waals surface area contributed by atoms with Gasteiger partial charge in [-0.05, 0) is 23.8 Å². The van der Waals surface area contributed by atoms with E-state index in [1.165, 1.54) is 29.6 Å². The van der Waals surface area contributed by atoms with Crippen LogP contribution in [0.2, 0.25) is 0 Å². The van der Waals surface area contributed by atoms with Crippen molar-refractivity contribution in [3.63, 3.8) is 0 Å². The average Bonchev–Trinajstić information content (AvgIpc) is 2.70. The van der Waals surface area contributed by atoms with Gasteiger partial charge in [0.25, 0.3) is 5.69 Å². The van der Waals surface area contributed by atoms with E-state index in [4.69, 9.17) is 4.74 Å². The number of ether oxygens (including phenoxy) is 1. The number of piperazine rings is 1. The van der Waals surface area contributed by atoms with Gasteiger partial charge in [0, 0.05) is 44.9 Å². The largest absolute Gasteiger partial charge is 0.504 e. The van der Waals surface area contributed by atoms with Gasteiger partial charge in [0.1, 0.15) is 0 Å². The maximum Gasteiger partial charge on any atom is 0.270 e. The van der Waals surface area contributed by atoms with Crippen molar-refractivity contribution in [2.75, 3.05) is 33.3 Å². The van der Waals surface area contributed by atoms with Crippen LogP contribution in [0.15, 0.2) is 47.4 Å². The quantitative estimate of drug-likeness (QED) is 0.574. The topological polar surface area (TPSA) is 113 Å². The molecule has 0 aromatic heterocycles. The molecule has 0 atom stereocenters. The highest BCUT2D eigenvalue weighted by Gasteiger charge is 2.29. The van der Waals surface area contributed by atoms with Crippen molar-refractivity contribution in [1.29, 1.82) is 0 Å². The number of hydrogen-bond donors (Lipinski definition) is 1. The van der Waals surface area contributed by atoms with E-state index in [2.05, 4.69) is 4.90 Å². The summed E-state index contributed by atoms with van der Waals surface area (Å²) in [4.78, 5) is 12.3. The van der Waals surface area contributed by atoms with Crippen LogP contribution < -0.4 is 4.74 Å². The monoisotopic (exact) mass is 407 g/mol. The molecule has 0 unspecified atom stereocenters. The molecule has 0 aliphatic carbocycles. The van der Waals surface area contributed by atoms with E-state index < -0.39 is 14.9 Å². The molecule has 1 aliphatic rings. The first-order valence-electron chi connectivity index (χ1n) is 8.64. The predicted octanol–water partition coefficient (Wildman–Crippen LogP) is 1.82. The Bertz CT molecular complexity index is 971. The van der Waals surface area contributed by atoms with Crippen molar-refractivity contribution in [1.82, 2.24) is 9.21 Å². The second-order valence-electron chi connectivity index (χ2n) is 6.44. The maximum absolute atomic E-state index is 12.8. The molecule has 1 saturated heterocycles. The fourth-order valence-electron chi connectivity index (χ4n) is 3.11. The van der Waals surface area contributed by atoms with E-state index in [-0.39, 0.29) is 16.3 Å². The first-order chi connectivity index (χ1) is 13.3. The minimum atomic E-state index is -3.78. The van der Waals surface area contributed by atoms with Crippen molar-refractivity contribution >= 4 is 15.7 Å². The van der Waals surface area contributed by atoms with E-state index >= 15 is 0 Å². The molecule has 0 amide bonds. The molecule has 0 bridgehead atoms. The normalized spacial score (nSPS) is 16.0. The third-order valence-electron chi connectivity index (χ3n) is 4.65. The summed E-state index contributed by atoms with van der Waals surface area (Å²) >= 11 is 0. The smallest absolute Gasteiger partial charge is 0.270 e. The van der Waals surface area contributed by atoms with Crippen LogP contribution in [-0.2, 0) is 16.6 Å². The summed E-state index contributed by atoms with van der Waals surface area (Å²) in [7, 11) is -2.30. The molecule has 1 aliphatic heterocycles. The molecule has 1 N–H and O–H groups in total. The van der Waals surface area contributed by atoms with Crippen molar-refractivity contribution in [3.8, 4) is 11.5 Å². The standard InChI is InChI=1S/C18H21N3O6S/c1-27-18-11-14(5-6-17(18)22)13-19-7-9-20(10-8-19)28(25,26)16-4-2-3-15(12-16)21(23)24/h2-6,11-12,22H,7-10,13H2,1H3. The highest BCUT2D eigenvalue weighted by Crippen LogP contribution is 2.27. The first kappa shape index (κ1) is 20.1. The first-order valence-corrected chi connectivity index (χ1v) is 10.1. The molecule has 1 fully saturated rings. The molecule has 10 heteroatoms. The second kappa shape index (κ2) is 8.13. The average molecular weight is 407 g/mol. The van der Waals surface area contributed by atoms with Crippen molar-refractivity contribution in [2.45, 2.75) is 11.4 Å². The number of nitro groups is 1. The lowest BCUT2D eigenvalue weighted by molar-refractivity contribution is -0.385. The SMILES string of the molecule is COc1cc(CN2CCN(S(=O)(=O)c3cccc([N+](=O)[O-])c3)CC2)ccc1O. The molecule has 1 heterocycles.